The van der Waals surface area contributed by atoms with Gasteiger partial charge in [0.05, 0.1) is 11.3 Å². The minimum absolute atomic E-state index is 0.152. The molecular weight excluding hydrogens is 229 g/mol. The molecule has 1 fully saturated rings. The summed E-state index contributed by atoms with van der Waals surface area (Å²) >= 11 is 0. The molecule has 1 aliphatic rings. The van der Waals surface area contributed by atoms with Gasteiger partial charge < -0.3 is 10.6 Å². The zero-order valence-corrected chi connectivity index (χ0v) is 10.6. The van der Waals surface area contributed by atoms with E-state index in [0.29, 0.717) is 11.5 Å². The van der Waals surface area contributed by atoms with Crippen molar-refractivity contribution in [1.29, 1.82) is 5.26 Å². The van der Waals surface area contributed by atoms with Crippen molar-refractivity contribution in [2.24, 2.45) is 11.7 Å². The number of nitriles is 1. The Morgan fingerprint density at radius 2 is 2.33 bits per heavy atom. The Kier molecular flexibility index (Phi) is 3.83. The first-order valence-corrected chi connectivity index (χ1v) is 6.32. The molecule has 4 heteroatoms. The van der Waals surface area contributed by atoms with Crippen LogP contribution in [0, 0.1) is 23.1 Å². The summed E-state index contributed by atoms with van der Waals surface area (Å²) in [6, 6.07) is 6.61. The number of hydrogen-bond acceptors (Lipinski definition) is 3. The molecule has 96 valence electrons. The third kappa shape index (κ3) is 2.62. The van der Waals surface area contributed by atoms with E-state index in [-0.39, 0.29) is 11.9 Å². The van der Waals surface area contributed by atoms with Gasteiger partial charge in [0, 0.05) is 19.1 Å². The minimum atomic E-state index is -0.365. The number of halogens is 1. The van der Waals surface area contributed by atoms with Gasteiger partial charge in [-0.2, -0.15) is 5.26 Å². The molecule has 0 bridgehead atoms. The fourth-order valence-electron chi connectivity index (χ4n) is 2.53. The molecule has 2 atom stereocenters. The van der Waals surface area contributed by atoms with Gasteiger partial charge in [-0.1, -0.05) is 0 Å². The maximum absolute atomic E-state index is 13.1. The summed E-state index contributed by atoms with van der Waals surface area (Å²) in [7, 11) is 0. The van der Waals surface area contributed by atoms with Crippen molar-refractivity contribution in [3.05, 3.63) is 29.6 Å². The van der Waals surface area contributed by atoms with Crippen molar-refractivity contribution >= 4 is 5.69 Å². The molecule has 1 heterocycles. The van der Waals surface area contributed by atoms with Crippen molar-refractivity contribution in [3.8, 4) is 6.07 Å². The standard InChI is InChI=1S/C14H18FN3/c1-10(17)11-3-2-6-18(9-11)14-5-4-13(15)7-12(14)8-16/h4-5,7,10-11H,2-3,6,9,17H2,1H3. The van der Waals surface area contributed by atoms with E-state index in [4.69, 9.17) is 11.0 Å². The maximum atomic E-state index is 13.1. The molecule has 18 heavy (non-hydrogen) atoms. The zero-order valence-electron chi connectivity index (χ0n) is 10.6. The molecule has 0 radical (unpaired) electrons. The number of hydrogen-bond donors (Lipinski definition) is 1. The van der Waals surface area contributed by atoms with Gasteiger partial charge in [0.15, 0.2) is 0 Å². The van der Waals surface area contributed by atoms with Crippen molar-refractivity contribution < 1.29 is 4.39 Å². The summed E-state index contributed by atoms with van der Waals surface area (Å²) in [6.07, 6.45) is 2.19. The summed E-state index contributed by atoms with van der Waals surface area (Å²) < 4.78 is 13.1. The molecule has 0 aromatic heterocycles. The van der Waals surface area contributed by atoms with Crippen LogP contribution in [0.5, 0.6) is 0 Å². The second-order valence-electron chi connectivity index (χ2n) is 4.98. The molecule has 2 unspecified atom stereocenters. The Balaban J connectivity index is 2.23. The molecule has 3 nitrogen and oxygen atoms in total. The lowest BCUT2D eigenvalue weighted by molar-refractivity contribution is 0.364. The number of nitrogens with two attached hydrogens (primary N) is 1. The van der Waals surface area contributed by atoms with Crippen LogP contribution in [0.4, 0.5) is 10.1 Å². The second kappa shape index (κ2) is 5.36. The van der Waals surface area contributed by atoms with Gasteiger partial charge in [-0.3, -0.25) is 0 Å². The Bertz CT molecular complexity index is 465. The topological polar surface area (TPSA) is 53.0 Å². The largest absolute Gasteiger partial charge is 0.370 e. The van der Waals surface area contributed by atoms with Crippen molar-refractivity contribution in [1.82, 2.24) is 0 Å². The predicted octanol–water partition coefficient (Wildman–Crippen LogP) is 2.26. The van der Waals surface area contributed by atoms with Gasteiger partial charge in [-0.05, 0) is 43.9 Å². The van der Waals surface area contributed by atoms with E-state index >= 15 is 0 Å². The van der Waals surface area contributed by atoms with E-state index in [0.717, 1.165) is 31.6 Å². The second-order valence-corrected chi connectivity index (χ2v) is 4.98. The molecule has 0 saturated carbocycles. The highest BCUT2D eigenvalue weighted by atomic mass is 19.1. The van der Waals surface area contributed by atoms with Crippen LogP contribution in [-0.4, -0.2) is 19.1 Å². The minimum Gasteiger partial charge on any atom is -0.370 e. The van der Waals surface area contributed by atoms with Crippen LogP contribution in [0.1, 0.15) is 25.3 Å². The third-order valence-corrected chi connectivity index (χ3v) is 3.62. The number of nitrogens with zero attached hydrogens (tertiary/aromatic N) is 2. The Morgan fingerprint density at radius 3 is 3.00 bits per heavy atom. The smallest absolute Gasteiger partial charge is 0.124 e. The summed E-state index contributed by atoms with van der Waals surface area (Å²) in [6.45, 7) is 3.77. The summed E-state index contributed by atoms with van der Waals surface area (Å²) in [5, 5.41) is 9.08. The molecule has 1 saturated heterocycles. The number of benzene rings is 1. The monoisotopic (exact) mass is 247 g/mol. The van der Waals surface area contributed by atoms with E-state index in [1.807, 2.05) is 6.92 Å². The Labute approximate surface area is 107 Å². The summed E-state index contributed by atoms with van der Waals surface area (Å²) in [5.74, 6) is 0.0754. The van der Waals surface area contributed by atoms with Gasteiger partial charge in [0.25, 0.3) is 0 Å². The molecule has 0 aliphatic carbocycles. The molecule has 2 N–H and O–H groups in total. The van der Waals surface area contributed by atoms with Crippen LogP contribution in [0.15, 0.2) is 18.2 Å². The predicted molar refractivity (Wildman–Crippen MR) is 69.7 cm³/mol. The number of anilines is 1. The molecule has 1 aliphatic heterocycles. The zero-order chi connectivity index (χ0) is 13.1. The maximum Gasteiger partial charge on any atom is 0.124 e. The first kappa shape index (κ1) is 12.8. The molecule has 0 amide bonds. The highest BCUT2D eigenvalue weighted by Gasteiger charge is 2.24. The van der Waals surface area contributed by atoms with E-state index in [1.165, 1.54) is 12.1 Å². The lowest BCUT2D eigenvalue weighted by Gasteiger charge is -2.36. The van der Waals surface area contributed by atoms with Crippen LogP contribution < -0.4 is 10.6 Å². The molecular formula is C14H18FN3. The van der Waals surface area contributed by atoms with E-state index in [2.05, 4.69) is 11.0 Å². The average Bonchev–Trinajstić information content (AvgIpc) is 2.38. The molecule has 1 aromatic rings. The van der Waals surface area contributed by atoms with Crippen LogP contribution in [-0.2, 0) is 0 Å². The van der Waals surface area contributed by atoms with Crippen molar-refractivity contribution in [2.75, 3.05) is 18.0 Å². The molecule has 0 spiro atoms. The van der Waals surface area contributed by atoms with E-state index in [9.17, 15) is 4.39 Å². The lowest BCUT2D eigenvalue weighted by Crippen LogP contribution is -2.42. The average molecular weight is 247 g/mol. The van der Waals surface area contributed by atoms with Crippen molar-refractivity contribution in [3.63, 3.8) is 0 Å². The summed E-state index contributed by atoms with van der Waals surface area (Å²) in [5.41, 5.74) is 7.18. The lowest BCUT2D eigenvalue weighted by atomic mass is 9.91. The summed E-state index contributed by atoms with van der Waals surface area (Å²) in [4.78, 5) is 2.15. The normalized spacial score (nSPS) is 21.4. The fraction of sp³-hybridized carbons (Fsp3) is 0.500. The molecule has 1 aromatic carbocycles. The quantitative estimate of drug-likeness (QED) is 0.872. The Morgan fingerprint density at radius 1 is 1.56 bits per heavy atom. The van der Waals surface area contributed by atoms with Gasteiger partial charge in [0.2, 0.25) is 0 Å². The SMILES string of the molecule is CC(N)C1CCCN(c2ccc(F)cc2C#N)C1. The van der Waals surface area contributed by atoms with Gasteiger partial charge in [-0.25, -0.2) is 4.39 Å². The van der Waals surface area contributed by atoms with Gasteiger partial charge in [0.1, 0.15) is 11.9 Å². The van der Waals surface area contributed by atoms with Gasteiger partial charge >= 0.3 is 0 Å². The first-order chi connectivity index (χ1) is 8.61. The van der Waals surface area contributed by atoms with Crippen LogP contribution in [0.3, 0.4) is 0 Å². The molecule has 2 rings (SSSR count). The fourth-order valence-corrected chi connectivity index (χ4v) is 2.53. The van der Waals surface area contributed by atoms with E-state index < -0.39 is 0 Å². The number of piperidine rings is 1. The number of rotatable bonds is 2. The van der Waals surface area contributed by atoms with Crippen LogP contribution in [0.2, 0.25) is 0 Å². The Hall–Kier alpha value is -1.60. The third-order valence-electron chi connectivity index (χ3n) is 3.62. The van der Waals surface area contributed by atoms with E-state index in [1.54, 1.807) is 6.07 Å². The van der Waals surface area contributed by atoms with Crippen LogP contribution >= 0.6 is 0 Å². The van der Waals surface area contributed by atoms with Crippen LogP contribution in [0.25, 0.3) is 0 Å². The first-order valence-electron chi connectivity index (χ1n) is 6.32. The van der Waals surface area contributed by atoms with Crippen molar-refractivity contribution in [2.45, 2.75) is 25.8 Å². The highest BCUT2D eigenvalue weighted by molar-refractivity contribution is 5.59. The highest BCUT2D eigenvalue weighted by Crippen LogP contribution is 2.27. The van der Waals surface area contributed by atoms with Gasteiger partial charge in [-0.15, -0.1) is 0 Å².